The second kappa shape index (κ2) is 6.76. The largest absolute Gasteiger partial charge is 0.338 e. The molecule has 3 aromatic rings. The Morgan fingerprint density at radius 3 is 2.33 bits per heavy atom. The zero-order valence-electron chi connectivity index (χ0n) is 12.5. The molecule has 0 bridgehead atoms. The standard InChI is InChI=1S/C15H13ClN4O2S2/c1-10-6-9-15(23-10)24(21,22)20-14-8-7-13(18-19-14)17-12-5-3-2-4-11(12)16/h2-9H,1H3,(H,17,18)(H,19,20). The minimum atomic E-state index is -3.65. The topological polar surface area (TPSA) is 84.0 Å². The van der Waals surface area contributed by atoms with Gasteiger partial charge in [0.15, 0.2) is 11.6 Å². The second-order valence-corrected chi connectivity index (χ2v) is 8.48. The van der Waals surface area contributed by atoms with Gasteiger partial charge in [-0.05, 0) is 43.3 Å². The number of nitrogens with one attached hydrogen (secondary N) is 2. The first-order chi connectivity index (χ1) is 11.4. The maximum atomic E-state index is 12.2. The van der Waals surface area contributed by atoms with E-state index in [1.54, 1.807) is 30.3 Å². The lowest BCUT2D eigenvalue weighted by molar-refractivity contribution is 0.603. The van der Waals surface area contributed by atoms with Gasteiger partial charge in [-0.1, -0.05) is 23.7 Å². The van der Waals surface area contributed by atoms with Crippen molar-refractivity contribution in [2.75, 3.05) is 10.0 Å². The monoisotopic (exact) mass is 380 g/mol. The third-order valence-corrected chi connectivity index (χ3v) is 6.20. The number of sulfonamides is 1. The Balaban J connectivity index is 1.74. The molecular weight excluding hydrogens is 368 g/mol. The Morgan fingerprint density at radius 2 is 1.71 bits per heavy atom. The molecule has 2 N–H and O–H groups in total. The molecule has 9 heteroatoms. The number of anilines is 3. The summed E-state index contributed by atoms with van der Waals surface area (Å²) in [6.07, 6.45) is 0. The Kier molecular flexibility index (Phi) is 4.70. The van der Waals surface area contributed by atoms with Crippen LogP contribution in [0.4, 0.5) is 17.3 Å². The Bertz CT molecular complexity index is 956. The minimum absolute atomic E-state index is 0.144. The summed E-state index contributed by atoms with van der Waals surface area (Å²) in [6.45, 7) is 1.85. The molecule has 6 nitrogen and oxygen atoms in total. The van der Waals surface area contributed by atoms with E-state index in [-0.39, 0.29) is 10.0 Å². The Hall–Kier alpha value is -2.16. The van der Waals surface area contributed by atoms with E-state index in [0.717, 1.165) is 4.88 Å². The first-order valence-corrected chi connectivity index (χ1v) is 9.56. The summed E-state index contributed by atoms with van der Waals surface area (Å²) < 4.78 is 27.1. The number of rotatable bonds is 5. The zero-order chi connectivity index (χ0) is 17.2. The molecule has 0 radical (unpaired) electrons. The average Bonchev–Trinajstić information content (AvgIpc) is 2.99. The van der Waals surface area contributed by atoms with E-state index in [4.69, 9.17) is 11.6 Å². The van der Waals surface area contributed by atoms with Crippen LogP contribution in [0.25, 0.3) is 0 Å². The highest BCUT2D eigenvalue weighted by Gasteiger charge is 2.17. The molecule has 0 atom stereocenters. The number of hydrogen-bond acceptors (Lipinski definition) is 6. The first-order valence-electron chi connectivity index (χ1n) is 6.88. The van der Waals surface area contributed by atoms with E-state index in [2.05, 4.69) is 20.2 Å². The van der Waals surface area contributed by atoms with Gasteiger partial charge in [-0.3, -0.25) is 4.72 Å². The summed E-state index contributed by atoms with van der Waals surface area (Å²) in [5.41, 5.74) is 0.691. The van der Waals surface area contributed by atoms with Crippen LogP contribution in [0.1, 0.15) is 4.88 Å². The fourth-order valence-electron chi connectivity index (χ4n) is 1.90. The smallest absolute Gasteiger partial charge is 0.272 e. The van der Waals surface area contributed by atoms with E-state index < -0.39 is 10.0 Å². The van der Waals surface area contributed by atoms with Crippen molar-refractivity contribution in [3.8, 4) is 0 Å². The summed E-state index contributed by atoms with van der Waals surface area (Å²) in [4.78, 5) is 0.917. The lowest BCUT2D eigenvalue weighted by Crippen LogP contribution is -2.13. The van der Waals surface area contributed by atoms with Gasteiger partial charge in [-0.2, -0.15) is 0 Å². The van der Waals surface area contributed by atoms with Gasteiger partial charge in [-0.25, -0.2) is 8.42 Å². The number of thiophene rings is 1. The van der Waals surface area contributed by atoms with Crippen molar-refractivity contribution in [1.82, 2.24) is 10.2 Å². The Morgan fingerprint density at radius 1 is 1.00 bits per heavy atom. The van der Waals surface area contributed by atoms with Crippen LogP contribution >= 0.6 is 22.9 Å². The van der Waals surface area contributed by atoms with Crippen LogP contribution in [0.2, 0.25) is 5.02 Å². The van der Waals surface area contributed by atoms with E-state index >= 15 is 0 Å². The number of para-hydroxylation sites is 1. The molecule has 2 aromatic heterocycles. The van der Waals surface area contributed by atoms with Gasteiger partial charge in [0, 0.05) is 4.88 Å². The fourth-order valence-corrected chi connectivity index (χ4v) is 4.36. The number of aryl methyl sites for hydroxylation is 1. The molecule has 24 heavy (non-hydrogen) atoms. The van der Waals surface area contributed by atoms with Crippen molar-refractivity contribution in [1.29, 1.82) is 0 Å². The van der Waals surface area contributed by atoms with Crippen LogP contribution in [-0.4, -0.2) is 18.6 Å². The second-order valence-electron chi connectivity index (χ2n) is 4.88. The van der Waals surface area contributed by atoms with Gasteiger partial charge in [0.1, 0.15) is 4.21 Å². The molecule has 124 valence electrons. The highest BCUT2D eigenvalue weighted by Crippen LogP contribution is 2.25. The highest BCUT2D eigenvalue weighted by molar-refractivity contribution is 7.94. The lowest BCUT2D eigenvalue weighted by atomic mass is 10.3. The summed E-state index contributed by atoms with van der Waals surface area (Å²) in [6, 6.07) is 13.7. The van der Waals surface area contributed by atoms with Gasteiger partial charge in [0.25, 0.3) is 10.0 Å². The van der Waals surface area contributed by atoms with Crippen molar-refractivity contribution in [2.24, 2.45) is 0 Å². The molecule has 0 amide bonds. The molecule has 0 aliphatic carbocycles. The molecular formula is C15H13ClN4O2S2. The normalized spacial score (nSPS) is 11.2. The molecule has 1 aromatic carbocycles. The van der Waals surface area contributed by atoms with Gasteiger partial charge in [0.2, 0.25) is 0 Å². The van der Waals surface area contributed by atoms with E-state index in [0.29, 0.717) is 16.5 Å². The molecule has 2 heterocycles. The van der Waals surface area contributed by atoms with Gasteiger partial charge in [0.05, 0.1) is 10.7 Å². The number of nitrogens with zero attached hydrogens (tertiary/aromatic N) is 2. The van der Waals surface area contributed by atoms with Gasteiger partial charge < -0.3 is 5.32 Å². The van der Waals surface area contributed by atoms with Crippen LogP contribution in [0.15, 0.2) is 52.7 Å². The molecule has 3 rings (SSSR count). The van der Waals surface area contributed by atoms with Crippen LogP contribution in [-0.2, 0) is 10.0 Å². The predicted octanol–water partition coefficient (Wildman–Crippen LogP) is 4.04. The molecule has 0 spiro atoms. The summed E-state index contributed by atoms with van der Waals surface area (Å²) in [5.74, 6) is 0.601. The van der Waals surface area contributed by atoms with Gasteiger partial charge in [-0.15, -0.1) is 21.5 Å². The predicted molar refractivity (Wildman–Crippen MR) is 96.6 cm³/mol. The number of halogens is 1. The number of aromatic nitrogens is 2. The van der Waals surface area contributed by atoms with Crippen molar-refractivity contribution in [2.45, 2.75) is 11.1 Å². The van der Waals surface area contributed by atoms with E-state index in [1.165, 1.54) is 17.4 Å². The summed E-state index contributed by atoms with van der Waals surface area (Å²) in [5, 5.41) is 11.4. The number of hydrogen-bond donors (Lipinski definition) is 2. The van der Waals surface area contributed by atoms with Crippen LogP contribution in [0.3, 0.4) is 0 Å². The van der Waals surface area contributed by atoms with Crippen molar-refractivity contribution in [3.63, 3.8) is 0 Å². The molecule has 0 fully saturated rings. The number of benzene rings is 1. The quantitative estimate of drug-likeness (QED) is 0.697. The van der Waals surface area contributed by atoms with Crippen LogP contribution in [0, 0.1) is 6.92 Å². The van der Waals surface area contributed by atoms with Crippen molar-refractivity contribution < 1.29 is 8.42 Å². The summed E-state index contributed by atoms with van der Waals surface area (Å²) >= 11 is 7.26. The minimum Gasteiger partial charge on any atom is -0.338 e. The zero-order valence-corrected chi connectivity index (χ0v) is 14.9. The first kappa shape index (κ1) is 16.7. The molecule has 0 unspecified atom stereocenters. The molecule has 0 saturated heterocycles. The Labute approximate surface area is 148 Å². The van der Waals surface area contributed by atoms with E-state index in [9.17, 15) is 8.42 Å². The molecule has 0 aliphatic heterocycles. The average molecular weight is 381 g/mol. The fraction of sp³-hybridized carbons (Fsp3) is 0.0667. The molecule has 0 aliphatic rings. The lowest BCUT2D eigenvalue weighted by Gasteiger charge is -2.08. The third kappa shape index (κ3) is 3.84. The van der Waals surface area contributed by atoms with Crippen LogP contribution < -0.4 is 10.0 Å². The summed E-state index contributed by atoms with van der Waals surface area (Å²) in [7, 11) is -3.65. The van der Waals surface area contributed by atoms with Crippen LogP contribution in [0.5, 0.6) is 0 Å². The van der Waals surface area contributed by atoms with Crippen molar-refractivity contribution in [3.05, 3.63) is 58.4 Å². The maximum absolute atomic E-state index is 12.2. The third-order valence-electron chi connectivity index (χ3n) is 3.02. The van der Waals surface area contributed by atoms with E-state index in [1.807, 2.05) is 19.1 Å². The highest BCUT2D eigenvalue weighted by atomic mass is 35.5. The molecule has 0 saturated carbocycles. The maximum Gasteiger partial charge on any atom is 0.272 e. The van der Waals surface area contributed by atoms with Gasteiger partial charge >= 0.3 is 0 Å². The SMILES string of the molecule is Cc1ccc(S(=O)(=O)Nc2ccc(Nc3ccccc3Cl)nn2)s1. The van der Waals surface area contributed by atoms with Crippen molar-refractivity contribution >= 4 is 50.3 Å².